The molecule has 0 radical (unpaired) electrons. The number of alkyl halides is 3. The second kappa shape index (κ2) is 8.40. The summed E-state index contributed by atoms with van der Waals surface area (Å²) in [5, 5.41) is 3.59. The van der Waals surface area contributed by atoms with E-state index >= 15 is 0 Å². The Bertz CT molecular complexity index is 894. The van der Waals surface area contributed by atoms with Gasteiger partial charge in [0.2, 0.25) is 5.91 Å². The van der Waals surface area contributed by atoms with E-state index in [-0.39, 0.29) is 18.6 Å². The van der Waals surface area contributed by atoms with E-state index < -0.39 is 24.7 Å². The van der Waals surface area contributed by atoms with Gasteiger partial charge >= 0.3 is 12.2 Å². The number of carbonyl (C=O) groups excluding carboxylic acids is 2. The standard InChI is InChI=1S/C19H24F3N5O2/c1-12(2)27-14-7-4-3-6-13(14)24-17(27)15-8-5-9-26(15)10-16(28)25-18(29)23-11-19(20,21)22/h3-4,6-7,12,15H,5,8-11H2,1-2H3,(H2,23,25,28,29)/t15-/m1/s1. The Kier molecular flexibility index (Phi) is 6.11. The van der Waals surface area contributed by atoms with E-state index in [4.69, 9.17) is 4.98 Å². The normalized spacial score (nSPS) is 17.8. The van der Waals surface area contributed by atoms with Gasteiger partial charge in [-0.15, -0.1) is 0 Å². The van der Waals surface area contributed by atoms with Crippen LogP contribution in [0.15, 0.2) is 24.3 Å². The van der Waals surface area contributed by atoms with Gasteiger partial charge in [-0.25, -0.2) is 9.78 Å². The van der Waals surface area contributed by atoms with Crippen LogP contribution in [0.2, 0.25) is 0 Å². The van der Waals surface area contributed by atoms with E-state index in [1.54, 1.807) is 5.32 Å². The number of hydrogen-bond acceptors (Lipinski definition) is 4. The molecule has 1 aliphatic heterocycles. The quantitative estimate of drug-likeness (QED) is 0.792. The maximum Gasteiger partial charge on any atom is 0.405 e. The summed E-state index contributed by atoms with van der Waals surface area (Å²) in [5.41, 5.74) is 1.89. The Labute approximate surface area is 166 Å². The maximum absolute atomic E-state index is 12.2. The number of nitrogens with zero attached hydrogens (tertiary/aromatic N) is 3. The summed E-state index contributed by atoms with van der Waals surface area (Å²) in [6.07, 6.45) is -2.86. The van der Waals surface area contributed by atoms with Crippen molar-refractivity contribution in [2.75, 3.05) is 19.6 Å². The number of halogens is 3. The number of imide groups is 1. The highest BCUT2D eigenvalue weighted by atomic mass is 19.4. The van der Waals surface area contributed by atoms with Gasteiger partial charge in [0.1, 0.15) is 12.4 Å². The lowest BCUT2D eigenvalue weighted by atomic mass is 10.2. The molecule has 158 valence electrons. The molecule has 1 saturated heterocycles. The topological polar surface area (TPSA) is 79.3 Å². The third-order valence-electron chi connectivity index (χ3n) is 4.85. The lowest BCUT2D eigenvalue weighted by Gasteiger charge is -2.25. The van der Waals surface area contributed by atoms with Crippen molar-refractivity contribution in [2.45, 2.75) is 44.9 Å². The fourth-order valence-electron chi connectivity index (χ4n) is 3.72. The lowest BCUT2D eigenvalue weighted by molar-refractivity contribution is -0.125. The fourth-order valence-corrected chi connectivity index (χ4v) is 3.72. The van der Waals surface area contributed by atoms with Gasteiger partial charge in [0, 0.05) is 6.04 Å². The zero-order valence-corrected chi connectivity index (χ0v) is 16.3. The molecule has 1 aliphatic rings. The molecule has 1 aromatic heterocycles. The van der Waals surface area contributed by atoms with Gasteiger partial charge in [-0.05, 0) is 45.4 Å². The Morgan fingerprint density at radius 2 is 2.00 bits per heavy atom. The average molecular weight is 411 g/mol. The highest BCUT2D eigenvalue weighted by Crippen LogP contribution is 2.34. The summed E-state index contributed by atoms with van der Waals surface area (Å²) < 4.78 is 38.6. The summed E-state index contributed by atoms with van der Waals surface area (Å²) >= 11 is 0. The van der Waals surface area contributed by atoms with Gasteiger partial charge in [-0.3, -0.25) is 15.0 Å². The molecule has 2 heterocycles. The van der Waals surface area contributed by atoms with Gasteiger partial charge in [-0.1, -0.05) is 12.1 Å². The predicted octanol–water partition coefficient (Wildman–Crippen LogP) is 3.14. The predicted molar refractivity (Wildman–Crippen MR) is 101 cm³/mol. The first-order valence-electron chi connectivity index (χ1n) is 9.51. The molecule has 0 bridgehead atoms. The van der Waals surface area contributed by atoms with Crippen LogP contribution in [0.1, 0.15) is 44.6 Å². The first-order valence-corrected chi connectivity index (χ1v) is 9.51. The van der Waals surface area contributed by atoms with E-state index in [1.807, 2.05) is 34.5 Å². The number of para-hydroxylation sites is 2. The molecule has 10 heteroatoms. The number of benzene rings is 1. The van der Waals surface area contributed by atoms with Crippen LogP contribution in [0.3, 0.4) is 0 Å². The lowest BCUT2D eigenvalue weighted by Crippen LogP contribution is -2.46. The fraction of sp³-hybridized carbons (Fsp3) is 0.526. The minimum atomic E-state index is -4.53. The summed E-state index contributed by atoms with van der Waals surface area (Å²) in [4.78, 5) is 30.4. The Balaban J connectivity index is 1.71. The second-order valence-electron chi connectivity index (χ2n) is 7.40. The van der Waals surface area contributed by atoms with Crippen molar-refractivity contribution in [3.05, 3.63) is 30.1 Å². The first-order chi connectivity index (χ1) is 13.7. The van der Waals surface area contributed by atoms with Crippen LogP contribution < -0.4 is 10.6 Å². The van der Waals surface area contributed by atoms with Crippen LogP contribution in [0.25, 0.3) is 11.0 Å². The molecule has 2 aromatic rings. The maximum atomic E-state index is 12.2. The van der Waals surface area contributed by atoms with Gasteiger partial charge in [0.15, 0.2) is 0 Å². The molecule has 0 saturated carbocycles. The molecule has 29 heavy (non-hydrogen) atoms. The second-order valence-corrected chi connectivity index (χ2v) is 7.40. The van der Waals surface area contributed by atoms with Crippen molar-refractivity contribution < 1.29 is 22.8 Å². The molecule has 2 N–H and O–H groups in total. The van der Waals surface area contributed by atoms with Crippen LogP contribution in [0, 0.1) is 0 Å². The smallest absolute Gasteiger partial charge is 0.329 e. The molecule has 7 nitrogen and oxygen atoms in total. The van der Waals surface area contributed by atoms with Crippen LogP contribution in [-0.2, 0) is 4.79 Å². The van der Waals surface area contributed by atoms with Gasteiger partial charge < -0.3 is 9.88 Å². The van der Waals surface area contributed by atoms with Crippen LogP contribution in [0.5, 0.6) is 0 Å². The molecule has 0 unspecified atom stereocenters. The number of urea groups is 1. The summed E-state index contributed by atoms with van der Waals surface area (Å²) in [5.74, 6) is 0.205. The SMILES string of the molecule is CC(C)n1c([C@H]2CCCN2CC(=O)NC(=O)NCC(F)(F)F)nc2ccccc21. The van der Waals surface area contributed by atoms with Gasteiger partial charge in [0.05, 0.1) is 23.6 Å². The average Bonchev–Trinajstić information content (AvgIpc) is 3.22. The number of fused-ring (bicyclic) bond motifs is 1. The Morgan fingerprint density at radius 1 is 1.28 bits per heavy atom. The van der Waals surface area contributed by atoms with Gasteiger partial charge in [0.25, 0.3) is 0 Å². The minimum absolute atomic E-state index is 0.0919. The number of amides is 3. The van der Waals surface area contributed by atoms with Crippen LogP contribution >= 0.6 is 0 Å². The molecule has 0 spiro atoms. The molecule has 1 aromatic carbocycles. The Hall–Kier alpha value is -2.62. The molecule has 1 atom stereocenters. The monoisotopic (exact) mass is 411 g/mol. The van der Waals surface area contributed by atoms with E-state index in [0.29, 0.717) is 6.54 Å². The van der Waals surface area contributed by atoms with Crippen molar-refractivity contribution >= 4 is 23.0 Å². The van der Waals surface area contributed by atoms with Crippen molar-refractivity contribution in [3.63, 3.8) is 0 Å². The number of imidazole rings is 1. The zero-order valence-electron chi connectivity index (χ0n) is 16.3. The molecule has 1 fully saturated rings. The van der Waals surface area contributed by atoms with Crippen molar-refractivity contribution in [1.29, 1.82) is 0 Å². The van der Waals surface area contributed by atoms with Crippen molar-refractivity contribution in [2.24, 2.45) is 0 Å². The third-order valence-corrected chi connectivity index (χ3v) is 4.85. The summed E-state index contributed by atoms with van der Waals surface area (Å²) in [7, 11) is 0. The number of aromatic nitrogens is 2. The van der Waals surface area contributed by atoms with Crippen LogP contribution in [0.4, 0.5) is 18.0 Å². The van der Waals surface area contributed by atoms with Crippen molar-refractivity contribution in [1.82, 2.24) is 25.1 Å². The van der Waals surface area contributed by atoms with E-state index in [2.05, 4.69) is 18.4 Å². The van der Waals surface area contributed by atoms with Crippen LogP contribution in [-0.4, -0.2) is 52.2 Å². The number of hydrogen-bond donors (Lipinski definition) is 2. The number of carbonyl (C=O) groups is 2. The molecular formula is C19H24F3N5O2. The van der Waals surface area contributed by atoms with Gasteiger partial charge in [-0.2, -0.15) is 13.2 Å². The number of rotatable bonds is 5. The largest absolute Gasteiger partial charge is 0.405 e. The van der Waals surface area contributed by atoms with Crippen molar-refractivity contribution in [3.8, 4) is 0 Å². The molecular weight excluding hydrogens is 387 g/mol. The zero-order chi connectivity index (χ0) is 21.2. The molecule has 0 aliphatic carbocycles. The van der Waals surface area contributed by atoms with E-state index in [0.717, 1.165) is 29.7 Å². The summed E-state index contributed by atoms with van der Waals surface area (Å²) in [6.45, 7) is 3.19. The minimum Gasteiger partial charge on any atom is -0.329 e. The highest BCUT2D eigenvalue weighted by Gasteiger charge is 2.33. The number of likely N-dealkylation sites (tertiary alicyclic amines) is 1. The Morgan fingerprint density at radius 3 is 2.69 bits per heavy atom. The first kappa shape index (κ1) is 21.1. The third kappa shape index (κ3) is 5.06. The van der Waals surface area contributed by atoms with E-state index in [1.165, 1.54) is 0 Å². The molecule has 3 rings (SSSR count). The molecule has 3 amide bonds. The van der Waals surface area contributed by atoms with E-state index in [9.17, 15) is 22.8 Å². The highest BCUT2D eigenvalue weighted by molar-refractivity contribution is 5.95. The summed E-state index contributed by atoms with van der Waals surface area (Å²) in [6, 6.07) is 6.72. The number of nitrogens with one attached hydrogen (secondary N) is 2.